The Hall–Kier alpha value is -1.74. The number of aromatic nitrogens is 2. The minimum absolute atomic E-state index is 0.139. The molecule has 1 atom stereocenters. The lowest BCUT2D eigenvalue weighted by molar-refractivity contribution is 0.783. The van der Waals surface area contributed by atoms with Crippen LogP contribution in [0.1, 0.15) is 17.2 Å². The molecule has 0 bridgehead atoms. The van der Waals surface area contributed by atoms with Crippen LogP contribution < -0.4 is 5.73 Å². The number of hydrogen-bond donors (Lipinski definition) is 1. The number of pyridine rings is 2. The largest absolute Gasteiger partial charge is 0.329 e. The molecule has 2 aromatic rings. The second-order valence-electron chi connectivity index (χ2n) is 3.33. The van der Waals surface area contributed by atoms with Crippen molar-refractivity contribution in [2.24, 2.45) is 5.73 Å². The Kier molecular flexibility index (Phi) is 3.05. The van der Waals surface area contributed by atoms with Gasteiger partial charge in [0.1, 0.15) is 0 Å². The van der Waals surface area contributed by atoms with Crippen LogP contribution in [0.3, 0.4) is 0 Å². The maximum Gasteiger partial charge on any atom is 0.0491 e. The predicted octanol–water partition coefficient (Wildman–Crippen LogP) is 1.57. The van der Waals surface area contributed by atoms with Gasteiger partial charge in [-0.05, 0) is 23.8 Å². The summed E-state index contributed by atoms with van der Waals surface area (Å²) >= 11 is 0. The second-order valence-corrected chi connectivity index (χ2v) is 3.33. The minimum Gasteiger partial charge on any atom is -0.329 e. The summed E-state index contributed by atoms with van der Waals surface area (Å²) in [5.74, 6) is 0.139. The van der Waals surface area contributed by atoms with Crippen LogP contribution in [0.4, 0.5) is 0 Å². The normalized spacial score (nSPS) is 12.3. The highest BCUT2D eigenvalue weighted by atomic mass is 14.7. The fourth-order valence-corrected chi connectivity index (χ4v) is 1.59. The van der Waals surface area contributed by atoms with E-state index in [9.17, 15) is 0 Å². The quantitative estimate of drug-likeness (QED) is 0.816. The van der Waals surface area contributed by atoms with E-state index in [1.165, 1.54) is 0 Å². The maximum absolute atomic E-state index is 5.77. The van der Waals surface area contributed by atoms with Gasteiger partial charge in [-0.15, -0.1) is 0 Å². The van der Waals surface area contributed by atoms with Gasteiger partial charge in [-0.3, -0.25) is 9.97 Å². The molecule has 76 valence electrons. The Balaban J connectivity index is 2.34. The zero-order chi connectivity index (χ0) is 10.5. The predicted molar refractivity (Wildman–Crippen MR) is 59.4 cm³/mol. The molecule has 0 aliphatic rings. The van der Waals surface area contributed by atoms with Crippen molar-refractivity contribution in [1.82, 2.24) is 9.97 Å². The van der Waals surface area contributed by atoms with E-state index in [2.05, 4.69) is 9.97 Å². The van der Waals surface area contributed by atoms with Gasteiger partial charge in [0, 0.05) is 36.7 Å². The van der Waals surface area contributed by atoms with Gasteiger partial charge < -0.3 is 5.73 Å². The van der Waals surface area contributed by atoms with Crippen molar-refractivity contribution in [1.29, 1.82) is 0 Å². The van der Waals surface area contributed by atoms with E-state index in [1.54, 1.807) is 12.4 Å². The van der Waals surface area contributed by atoms with Crippen LogP contribution in [0.25, 0.3) is 0 Å². The highest BCUT2D eigenvalue weighted by Crippen LogP contribution is 2.20. The summed E-state index contributed by atoms with van der Waals surface area (Å²) in [6.45, 7) is 0.544. The standard InChI is InChI=1S/C12H13N3/c13-8-11(10-4-3-6-14-9-10)12-5-1-2-7-15-12/h1-7,9,11H,8,13H2. The summed E-state index contributed by atoms with van der Waals surface area (Å²) in [6, 6.07) is 9.81. The van der Waals surface area contributed by atoms with Crippen LogP contribution in [0, 0.1) is 0 Å². The van der Waals surface area contributed by atoms with Gasteiger partial charge in [-0.1, -0.05) is 12.1 Å². The number of hydrogen-bond acceptors (Lipinski definition) is 3. The average molecular weight is 199 g/mol. The third kappa shape index (κ3) is 2.19. The van der Waals surface area contributed by atoms with Crippen LogP contribution in [-0.2, 0) is 0 Å². The fraction of sp³-hybridized carbons (Fsp3) is 0.167. The van der Waals surface area contributed by atoms with Crippen molar-refractivity contribution in [2.45, 2.75) is 5.92 Å². The SMILES string of the molecule is NCC(c1cccnc1)c1ccccn1. The third-order valence-electron chi connectivity index (χ3n) is 2.37. The molecule has 2 N–H and O–H groups in total. The molecule has 0 saturated heterocycles. The molecule has 15 heavy (non-hydrogen) atoms. The topological polar surface area (TPSA) is 51.8 Å². The molecule has 3 heteroatoms. The summed E-state index contributed by atoms with van der Waals surface area (Å²) in [6.07, 6.45) is 5.38. The van der Waals surface area contributed by atoms with Gasteiger partial charge in [0.15, 0.2) is 0 Å². The van der Waals surface area contributed by atoms with Crippen LogP contribution in [0.2, 0.25) is 0 Å². The first kappa shape index (κ1) is 9.80. The van der Waals surface area contributed by atoms with E-state index in [0.717, 1.165) is 11.3 Å². The van der Waals surface area contributed by atoms with Gasteiger partial charge in [-0.2, -0.15) is 0 Å². The molecule has 3 nitrogen and oxygen atoms in total. The molecule has 0 aliphatic carbocycles. The molecule has 2 rings (SSSR count). The summed E-state index contributed by atoms with van der Waals surface area (Å²) in [5, 5.41) is 0. The maximum atomic E-state index is 5.77. The highest BCUT2D eigenvalue weighted by Gasteiger charge is 2.12. The molecule has 0 amide bonds. The first-order valence-corrected chi connectivity index (χ1v) is 4.92. The molecule has 0 aromatic carbocycles. The van der Waals surface area contributed by atoms with E-state index in [4.69, 9.17) is 5.73 Å². The lowest BCUT2D eigenvalue weighted by atomic mass is 9.97. The van der Waals surface area contributed by atoms with Crippen LogP contribution >= 0.6 is 0 Å². The summed E-state index contributed by atoms with van der Waals surface area (Å²) in [7, 11) is 0. The van der Waals surface area contributed by atoms with E-state index in [1.807, 2.05) is 36.5 Å². The van der Waals surface area contributed by atoms with Gasteiger partial charge in [0.05, 0.1) is 0 Å². The lowest BCUT2D eigenvalue weighted by Crippen LogP contribution is -2.15. The molecular formula is C12H13N3. The lowest BCUT2D eigenvalue weighted by Gasteiger charge is -2.13. The number of nitrogens with zero attached hydrogens (tertiary/aromatic N) is 2. The molecule has 0 saturated carbocycles. The van der Waals surface area contributed by atoms with Crippen molar-refractivity contribution in [2.75, 3.05) is 6.54 Å². The summed E-state index contributed by atoms with van der Waals surface area (Å²) in [5.41, 5.74) is 7.87. The Labute approximate surface area is 89.0 Å². The van der Waals surface area contributed by atoms with Crippen molar-refractivity contribution < 1.29 is 0 Å². The highest BCUT2D eigenvalue weighted by molar-refractivity contribution is 5.26. The van der Waals surface area contributed by atoms with Gasteiger partial charge >= 0.3 is 0 Å². The molecular weight excluding hydrogens is 186 g/mol. The Morgan fingerprint density at radius 2 is 2.07 bits per heavy atom. The van der Waals surface area contributed by atoms with Crippen LogP contribution in [0.15, 0.2) is 48.9 Å². The average Bonchev–Trinajstić information content (AvgIpc) is 2.33. The minimum atomic E-state index is 0.139. The zero-order valence-corrected chi connectivity index (χ0v) is 8.38. The molecule has 2 heterocycles. The first-order valence-electron chi connectivity index (χ1n) is 4.92. The van der Waals surface area contributed by atoms with Gasteiger partial charge in [0.2, 0.25) is 0 Å². The Bertz CT molecular complexity index is 360. The van der Waals surface area contributed by atoms with Crippen molar-refractivity contribution in [3.8, 4) is 0 Å². The van der Waals surface area contributed by atoms with E-state index < -0.39 is 0 Å². The molecule has 0 aliphatic heterocycles. The number of rotatable bonds is 3. The fourth-order valence-electron chi connectivity index (χ4n) is 1.59. The van der Waals surface area contributed by atoms with E-state index in [0.29, 0.717) is 6.54 Å². The zero-order valence-electron chi connectivity index (χ0n) is 8.38. The second kappa shape index (κ2) is 4.66. The van der Waals surface area contributed by atoms with E-state index >= 15 is 0 Å². The molecule has 0 spiro atoms. The van der Waals surface area contributed by atoms with Crippen molar-refractivity contribution in [3.63, 3.8) is 0 Å². The molecule has 0 fully saturated rings. The van der Waals surface area contributed by atoms with Gasteiger partial charge in [-0.25, -0.2) is 0 Å². The van der Waals surface area contributed by atoms with Crippen molar-refractivity contribution in [3.05, 3.63) is 60.2 Å². The third-order valence-corrected chi connectivity index (χ3v) is 2.37. The monoisotopic (exact) mass is 199 g/mol. The molecule has 1 unspecified atom stereocenters. The summed E-state index contributed by atoms with van der Waals surface area (Å²) in [4.78, 5) is 8.41. The molecule has 2 aromatic heterocycles. The molecule has 0 radical (unpaired) electrons. The van der Waals surface area contributed by atoms with E-state index in [-0.39, 0.29) is 5.92 Å². The van der Waals surface area contributed by atoms with Gasteiger partial charge in [0.25, 0.3) is 0 Å². The number of nitrogens with two attached hydrogens (primary N) is 1. The Morgan fingerprint density at radius 3 is 2.67 bits per heavy atom. The smallest absolute Gasteiger partial charge is 0.0491 e. The van der Waals surface area contributed by atoms with Crippen molar-refractivity contribution >= 4 is 0 Å². The summed E-state index contributed by atoms with van der Waals surface area (Å²) < 4.78 is 0. The van der Waals surface area contributed by atoms with Crippen LogP contribution in [0.5, 0.6) is 0 Å². The first-order chi connectivity index (χ1) is 7.42. The Morgan fingerprint density at radius 1 is 1.13 bits per heavy atom. The van der Waals surface area contributed by atoms with Crippen LogP contribution in [-0.4, -0.2) is 16.5 Å².